The molecule has 2 aliphatic rings. The number of aromatic nitrogens is 2. The fraction of sp³-hybridized carbons (Fsp3) is 0.474. The number of likely N-dealkylation sites (tertiary alicyclic amines) is 2. The zero-order valence-corrected chi connectivity index (χ0v) is 15.6. The van der Waals surface area contributed by atoms with Gasteiger partial charge in [-0.1, -0.05) is 0 Å². The number of rotatable bonds is 3. The van der Waals surface area contributed by atoms with Crippen LogP contribution in [-0.2, 0) is 9.59 Å². The maximum absolute atomic E-state index is 12.7. The number of hydrogen-bond donors (Lipinski definition) is 0. The summed E-state index contributed by atoms with van der Waals surface area (Å²) in [7, 11) is 1.74. The van der Waals surface area contributed by atoms with Crippen LogP contribution in [0.2, 0.25) is 0 Å². The monoisotopic (exact) mass is 370 g/mol. The molecule has 1 atom stereocenters. The molecule has 26 heavy (non-hydrogen) atoms. The van der Waals surface area contributed by atoms with Crippen LogP contribution < -0.4 is 0 Å². The summed E-state index contributed by atoms with van der Waals surface area (Å²) >= 11 is 1.70. The Morgan fingerprint density at radius 1 is 1.19 bits per heavy atom. The number of carbonyl (C=O) groups excluding carboxylic acids is 2. The van der Waals surface area contributed by atoms with Crippen molar-refractivity contribution in [2.75, 3.05) is 20.1 Å². The molecule has 2 aromatic heterocycles. The molecule has 0 saturated carbocycles. The van der Waals surface area contributed by atoms with Gasteiger partial charge in [-0.2, -0.15) is 0 Å². The number of carbonyl (C=O) groups is 2. The van der Waals surface area contributed by atoms with Crippen molar-refractivity contribution in [3.05, 3.63) is 34.9 Å². The summed E-state index contributed by atoms with van der Waals surface area (Å²) < 4.78 is 0. The van der Waals surface area contributed by atoms with Crippen LogP contribution in [0.1, 0.15) is 36.6 Å². The molecule has 2 saturated heterocycles. The highest BCUT2D eigenvalue weighted by atomic mass is 32.1. The van der Waals surface area contributed by atoms with Crippen molar-refractivity contribution in [3.8, 4) is 11.3 Å². The van der Waals surface area contributed by atoms with Crippen molar-refractivity contribution in [1.29, 1.82) is 0 Å². The lowest BCUT2D eigenvalue weighted by molar-refractivity contribution is -0.141. The first kappa shape index (κ1) is 17.1. The Balaban J connectivity index is 1.37. The van der Waals surface area contributed by atoms with E-state index in [1.807, 2.05) is 17.0 Å². The molecule has 0 aromatic carbocycles. The van der Waals surface area contributed by atoms with E-state index in [1.54, 1.807) is 35.7 Å². The SMILES string of the molecule is CN1C(=O)CCC1C(=O)N1CCC(c2nc(-c3ccncc3)cs2)CC1. The summed E-state index contributed by atoms with van der Waals surface area (Å²) in [4.78, 5) is 36.8. The second-order valence-corrected chi connectivity index (χ2v) is 7.86. The second-order valence-electron chi connectivity index (χ2n) is 6.97. The highest BCUT2D eigenvalue weighted by molar-refractivity contribution is 7.10. The maximum atomic E-state index is 12.7. The molecule has 4 heterocycles. The second kappa shape index (κ2) is 7.15. The van der Waals surface area contributed by atoms with Crippen molar-refractivity contribution in [2.45, 2.75) is 37.6 Å². The lowest BCUT2D eigenvalue weighted by Crippen LogP contribution is -2.47. The average molecular weight is 370 g/mol. The van der Waals surface area contributed by atoms with Gasteiger partial charge >= 0.3 is 0 Å². The maximum Gasteiger partial charge on any atom is 0.245 e. The average Bonchev–Trinajstić information content (AvgIpc) is 3.30. The zero-order valence-electron chi connectivity index (χ0n) is 14.8. The van der Waals surface area contributed by atoms with E-state index in [4.69, 9.17) is 4.98 Å². The third kappa shape index (κ3) is 3.23. The van der Waals surface area contributed by atoms with Crippen LogP contribution in [-0.4, -0.2) is 57.8 Å². The highest BCUT2D eigenvalue weighted by Gasteiger charge is 2.37. The van der Waals surface area contributed by atoms with Gasteiger partial charge in [0, 0.05) is 55.8 Å². The van der Waals surface area contributed by atoms with Crippen LogP contribution in [0, 0.1) is 0 Å². The normalized spacial score (nSPS) is 21.4. The summed E-state index contributed by atoms with van der Waals surface area (Å²) in [5, 5.41) is 3.25. The van der Waals surface area contributed by atoms with Crippen molar-refractivity contribution < 1.29 is 9.59 Å². The Morgan fingerprint density at radius 3 is 2.58 bits per heavy atom. The van der Waals surface area contributed by atoms with Crippen LogP contribution in [0.5, 0.6) is 0 Å². The number of nitrogens with zero attached hydrogens (tertiary/aromatic N) is 4. The predicted octanol–water partition coefficient (Wildman–Crippen LogP) is 2.53. The van der Waals surface area contributed by atoms with Gasteiger partial charge in [-0.25, -0.2) is 4.98 Å². The van der Waals surface area contributed by atoms with Gasteiger partial charge in [-0.05, 0) is 31.4 Å². The van der Waals surface area contributed by atoms with Crippen molar-refractivity contribution >= 4 is 23.2 Å². The molecular formula is C19H22N4O2S. The van der Waals surface area contributed by atoms with Crippen LogP contribution in [0.3, 0.4) is 0 Å². The molecule has 2 aliphatic heterocycles. The minimum absolute atomic E-state index is 0.0738. The Morgan fingerprint density at radius 2 is 1.92 bits per heavy atom. The van der Waals surface area contributed by atoms with Crippen LogP contribution in [0.15, 0.2) is 29.9 Å². The van der Waals surface area contributed by atoms with E-state index in [9.17, 15) is 9.59 Å². The van der Waals surface area contributed by atoms with E-state index in [1.165, 1.54) is 0 Å². The molecule has 2 amide bonds. The molecular weight excluding hydrogens is 348 g/mol. The van der Waals surface area contributed by atoms with E-state index in [2.05, 4.69) is 10.4 Å². The van der Waals surface area contributed by atoms with Gasteiger partial charge in [-0.3, -0.25) is 14.6 Å². The van der Waals surface area contributed by atoms with Gasteiger partial charge in [0.1, 0.15) is 6.04 Å². The largest absolute Gasteiger partial charge is 0.341 e. The molecule has 0 N–H and O–H groups in total. The first-order chi connectivity index (χ1) is 12.6. The van der Waals surface area contributed by atoms with E-state index in [-0.39, 0.29) is 17.9 Å². The fourth-order valence-corrected chi connectivity index (χ4v) is 4.78. The predicted molar refractivity (Wildman–Crippen MR) is 99.7 cm³/mol. The van der Waals surface area contributed by atoms with Crippen molar-refractivity contribution in [2.24, 2.45) is 0 Å². The summed E-state index contributed by atoms with van der Waals surface area (Å²) in [6, 6.07) is 3.68. The van der Waals surface area contributed by atoms with Crippen molar-refractivity contribution in [1.82, 2.24) is 19.8 Å². The lowest BCUT2D eigenvalue weighted by atomic mass is 9.96. The Hall–Kier alpha value is -2.28. The lowest BCUT2D eigenvalue weighted by Gasteiger charge is -2.34. The molecule has 0 aliphatic carbocycles. The molecule has 0 spiro atoms. The van der Waals surface area contributed by atoms with Crippen LogP contribution >= 0.6 is 11.3 Å². The quantitative estimate of drug-likeness (QED) is 0.833. The molecule has 0 radical (unpaired) electrons. The molecule has 136 valence electrons. The standard InChI is InChI=1S/C19H22N4O2S/c1-22-16(2-3-17(22)24)19(25)23-10-6-14(7-11-23)18-21-15(12-26-18)13-4-8-20-9-5-13/h4-5,8-9,12,14,16H,2-3,6-7,10-11H2,1H3. The third-order valence-corrected chi connectivity index (χ3v) is 6.44. The number of pyridine rings is 1. The van der Waals surface area contributed by atoms with E-state index in [0.29, 0.717) is 18.8 Å². The van der Waals surface area contributed by atoms with E-state index < -0.39 is 0 Å². The first-order valence-electron chi connectivity index (χ1n) is 9.04. The van der Waals surface area contributed by atoms with Gasteiger partial charge in [0.2, 0.25) is 11.8 Å². The van der Waals surface area contributed by atoms with Crippen LogP contribution in [0.4, 0.5) is 0 Å². The zero-order chi connectivity index (χ0) is 18.1. The minimum atomic E-state index is -0.266. The molecule has 1 unspecified atom stereocenters. The number of piperidine rings is 1. The van der Waals surface area contributed by atoms with E-state index >= 15 is 0 Å². The van der Waals surface area contributed by atoms with Gasteiger partial charge in [0.15, 0.2) is 0 Å². The van der Waals surface area contributed by atoms with E-state index in [0.717, 1.165) is 42.2 Å². The third-order valence-electron chi connectivity index (χ3n) is 5.43. The Labute approximate surface area is 156 Å². The first-order valence-corrected chi connectivity index (χ1v) is 9.91. The fourth-order valence-electron chi connectivity index (χ4n) is 3.78. The molecule has 2 aromatic rings. The number of amides is 2. The number of hydrogen-bond acceptors (Lipinski definition) is 5. The Bertz CT molecular complexity index is 799. The summed E-state index contributed by atoms with van der Waals surface area (Å²) in [6.07, 6.45) is 6.56. The smallest absolute Gasteiger partial charge is 0.245 e. The molecule has 0 bridgehead atoms. The minimum Gasteiger partial charge on any atom is -0.341 e. The Kier molecular flexibility index (Phi) is 4.72. The molecule has 7 heteroatoms. The summed E-state index contributed by atoms with van der Waals surface area (Å²) in [5.74, 6) is 0.584. The van der Waals surface area contributed by atoms with Gasteiger partial charge < -0.3 is 9.80 Å². The number of thiazole rings is 1. The van der Waals surface area contributed by atoms with Crippen LogP contribution in [0.25, 0.3) is 11.3 Å². The molecule has 2 fully saturated rings. The van der Waals surface area contributed by atoms with Gasteiger partial charge in [-0.15, -0.1) is 11.3 Å². The topological polar surface area (TPSA) is 66.4 Å². The van der Waals surface area contributed by atoms with Crippen molar-refractivity contribution in [3.63, 3.8) is 0 Å². The molecule has 6 nitrogen and oxygen atoms in total. The number of likely N-dealkylation sites (N-methyl/N-ethyl adjacent to an activating group) is 1. The van der Waals surface area contributed by atoms with Gasteiger partial charge in [0.05, 0.1) is 10.7 Å². The van der Waals surface area contributed by atoms with Gasteiger partial charge in [0.25, 0.3) is 0 Å². The summed E-state index contributed by atoms with van der Waals surface area (Å²) in [6.45, 7) is 1.48. The highest BCUT2D eigenvalue weighted by Crippen LogP contribution is 2.33. The molecule has 4 rings (SSSR count). The summed E-state index contributed by atoms with van der Waals surface area (Å²) in [5.41, 5.74) is 2.08.